The second-order valence-electron chi connectivity index (χ2n) is 5.55. The van der Waals surface area contributed by atoms with Crippen LogP contribution in [-0.2, 0) is 6.54 Å². The summed E-state index contributed by atoms with van der Waals surface area (Å²) in [4.78, 5) is 16.5. The van der Waals surface area contributed by atoms with Crippen LogP contribution in [-0.4, -0.2) is 18.0 Å². The monoisotopic (exact) mass is 354 g/mol. The zero-order valence-corrected chi connectivity index (χ0v) is 14.0. The molecule has 0 aliphatic heterocycles. The van der Waals surface area contributed by atoms with Crippen molar-refractivity contribution in [1.29, 1.82) is 0 Å². The molecule has 3 rings (SSSR count). The molecule has 1 amide bonds. The standard InChI is InChI=1S/C20H16F2N2O2/c1-26-16-7-4-13(5-8-16)19-14(3-2-10-23-19)12-24-20(25)17-11-15(21)6-9-18(17)22/h2-11H,12H2,1H3,(H,24,25). The van der Waals surface area contributed by atoms with Crippen LogP contribution in [0.25, 0.3) is 11.3 Å². The fourth-order valence-electron chi connectivity index (χ4n) is 2.53. The second-order valence-corrected chi connectivity index (χ2v) is 5.55. The molecule has 6 heteroatoms. The Kier molecular flexibility index (Phi) is 5.22. The quantitative estimate of drug-likeness (QED) is 0.754. The molecule has 0 radical (unpaired) electrons. The van der Waals surface area contributed by atoms with Gasteiger partial charge in [-0.2, -0.15) is 0 Å². The number of amides is 1. The average molecular weight is 354 g/mol. The highest BCUT2D eigenvalue weighted by Crippen LogP contribution is 2.23. The van der Waals surface area contributed by atoms with Gasteiger partial charge in [0.05, 0.1) is 18.4 Å². The van der Waals surface area contributed by atoms with E-state index in [0.29, 0.717) is 5.69 Å². The highest BCUT2D eigenvalue weighted by Gasteiger charge is 2.14. The van der Waals surface area contributed by atoms with Gasteiger partial charge in [0.2, 0.25) is 0 Å². The lowest BCUT2D eigenvalue weighted by Gasteiger charge is -2.11. The average Bonchev–Trinajstić information content (AvgIpc) is 2.68. The van der Waals surface area contributed by atoms with Gasteiger partial charge in [-0.05, 0) is 54.1 Å². The van der Waals surface area contributed by atoms with Gasteiger partial charge in [-0.1, -0.05) is 6.07 Å². The Labute approximate surface area is 149 Å². The van der Waals surface area contributed by atoms with E-state index in [4.69, 9.17) is 4.74 Å². The Morgan fingerprint density at radius 3 is 2.62 bits per heavy atom. The summed E-state index contributed by atoms with van der Waals surface area (Å²) in [5.74, 6) is -1.41. The number of aromatic nitrogens is 1. The molecule has 0 aliphatic carbocycles. The molecular weight excluding hydrogens is 338 g/mol. The molecule has 132 valence electrons. The maximum atomic E-state index is 13.7. The molecule has 0 unspecified atom stereocenters. The first-order valence-electron chi connectivity index (χ1n) is 7.90. The number of benzene rings is 2. The number of halogens is 2. The van der Waals surface area contributed by atoms with Crippen molar-refractivity contribution in [1.82, 2.24) is 10.3 Å². The number of nitrogens with zero attached hydrogens (tertiary/aromatic N) is 1. The van der Waals surface area contributed by atoms with E-state index >= 15 is 0 Å². The summed E-state index contributed by atoms with van der Waals surface area (Å²) in [5, 5.41) is 2.61. The van der Waals surface area contributed by atoms with Crippen LogP contribution in [0.1, 0.15) is 15.9 Å². The molecular formula is C20H16F2N2O2. The van der Waals surface area contributed by atoms with Gasteiger partial charge >= 0.3 is 0 Å². The van der Waals surface area contributed by atoms with E-state index in [0.717, 1.165) is 35.1 Å². The Morgan fingerprint density at radius 2 is 1.88 bits per heavy atom. The van der Waals surface area contributed by atoms with Crippen LogP contribution in [0.5, 0.6) is 5.75 Å². The summed E-state index contributed by atoms with van der Waals surface area (Å²) in [5.41, 5.74) is 1.96. The predicted molar refractivity (Wildman–Crippen MR) is 93.8 cm³/mol. The van der Waals surface area contributed by atoms with Gasteiger partial charge in [-0.3, -0.25) is 9.78 Å². The number of rotatable bonds is 5. The second kappa shape index (κ2) is 7.74. The molecule has 0 saturated heterocycles. The van der Waals surface area contributed by atoms with Crippen molar-refractivity contribution in [3.8, 4) is 17.0 Å². The Hall–Kier alpha value is -3.28. The van der Waals surface area contributed by atoms with E-state index in [2.05, 4.69) is 10.3 Å². The molecule has 26 heavy (non-hydrogen) atoms. The Morgan fingerprint density at radius 1 is 1.12 bits per heavy atom. The first-order valence-corrected chi connectivity index (χ1v) is 7.90. The first kappa shape index (κ1) is 17.5. The third-order valence-electron chi connectivity index (χ3n) is 3.87. The van der Waals surface area contributed by atoms with E-state index in [1.165, 1.54) is 0 Å². The summed E-state index contributed by atoms with van der Waals surface area (Å²) in [6, 6.07) is 13.7. The Bertz CT molecular complexity index is 927. The molecule has 0 saturated carbocycles. The topological polar surface area (TPSA) is 51.2 Å². The van der Waals surface area contributed by atoms with Crippen LogP contribution >= 0.6 is 0 Å². The number of hydrogen-bond donors (Lipinski definition) is 1. The predicted octanol–water partition coefficient (Wildman–Crippen LogP) is 3.97. The normalized spacial score (nSPS) is 10.4. The molecule has 0 aliphatic rings. The summed E-state index contributed by atoms with van der Waals surface area (Å²) < 4.78 is 32.1. The number of methoxy groups -OCH3 is 1. The van der Waals surface area contributed by atoms with Crippen LogP contribution in [0.3, 0.4) is 0 Å². The minimum absolute atomic E-state index is 0.129. The zero-order chi connectivity index (χ0) is 18.5. The smallest absolute Gasteiger partial charge is 0.254 e. The number of ether oxygens (including phenoxy) is 1. The molecule has 0 atom stereocenters. The van der Waals surface area contributed by atoms with Crippen LogP contribution in [0.15, 0.2) is 60.8 Å². The third kappa shape index (κ3) is 3.85. The molecule has 0 spiro atoms. The molecule has 4 nitrogen and oxygen atoms in total. The van der Waals surface area contributed by atoms with Crippen molar-refractivity contribution in [2.24, 2.45) is 0 Å². The molecule has 2 aromatic carbocycles. The van der Waals surface area contributed by atoms with E-state index in [9.17, 15) is 13.6 Å². The fraction of sp³-hybridized carbons (Fsp3) is 0.100. The van der Waals surface area contributed by atoms with Crippen LogP contribution in [0.2, 0.25) is 0 Å². The van der Waals surface area contributed by atoms with Crippen molar-refractivity contribution in [2.75, 3.05) is 7.11 Å². The minimum Gasteiger partial charge on any atom is -0.497 e. The summed E-state index contributed by atoms with van der Waals surface area (Å²) in [6.07, 6.45) is 1.65. The van der Waals surface area contributed by atoms with Crippen molar-refractivity contribution in [3.63, 3.8) is 0 Å². The van der Waals surface area contributed by atoms with Gasteiger partial charge in [0.15, 0.2) is 0 Å². The number of pyridine rings is 1. The molecule has 1 aromatic heterocycles. The molecule has 0 fully saturated rings. The minimum atomic E-state index is -0.773. The van der Waals surface area contributed by atoms with Gasteiger partial charge in [-0.25, -0.2) is 8.78 Å². The molecule has 1 N–H and O–H groups in total. The van der Waals surface area contributed by atoms with Gasteiger partial charge in [-0.15, -0.1) is 0 Å². The zero-order valence-electron chi connectivity index (χ0n) is 14.0. The summed E-state index contributed by atoms with van der Waals surface area (Å²) in [6.45, 7) is 0.129. The SMILES string of the molecule is COc1ccc(-c2ncccc2CNC(=O)c2cc(F)ccc2F)cc1. The van der Waals surface area contributed by atoms with Crippen molar-refractivity contribution in [3.05, 3.63) is 83.6 Å². The van der Waals surface area contributed by atoms with E-state index in [1.807, 2.05) is 30.3 Å². The fourth-order valence-corrected chi connectivity index (χ4v) is 2.53. The van der Waals surface area contributed by atoms with Crippen molar-refractivity contribution in [2.45, 2.75) is 6.54 Å². The van der Waals surface area contributed by atoms with Crippen molar-refractivity contribution >= 4 is 5.91 Å². The molecule has 0 bridgehead atoms. The van der Waals surface area contributed by atoms with Gasteiger partial charge in [0.25, 0.3) is 5.91 Å². The highest BCUT2D eigenvalue weighted by atomic mass is 19.1. The lowest BCUT2D eigenvalue weighted by Crippen LogP contribution is -2.24. The van der Waals surface area contributed by atoms with Crippen molar-refractivity contribution < 1.29 is 18.3 Å². The maximum Gasteiger partial charge on any atom is 0.254 e. The third-order valence-corrected chi connectivity index (χ3v) is 3.87. The first-order chi connectivity index (χ1) is 12.6. The van der Waals surface area contributed by atoms with E-state index in [-0.39, 0.29) is 12.1 Å². The molecule has 3 aromatic rings. The summed E-state index contributed by atoms with van der Waals surface area (Å²) in [7, 11) is 1.59. The molecule has 1 heterocycles. The van der Waals surface area contributed by atoms with E-state index in [1.54, 1.807) is 19.4 Å². The largest absolute Gasteiger partial charge is 0.497 e. The van der Waals surface area contributed by atoms with Gasteiger partial charge < -0.3 is 10.1 Å². The lowest BCUT2D eigenvalue weighted by atomic mass is 10.1. The number of nitrogens with one attached hydrogen (secondary N) is 1. The Balaban J connectivity index is 1.80. The number of carbonyl (C=O) groups excluding carboxylic acids is 1. The maximum absolute atomic E-state index is 13.7. The van der Waals surface area contributed by atoms with Crippen LogP contribution in [0, 0.1) is 11.6 Å². The summed E-state index contributed by atoms with van der Waals surface area (Å²) >= 11 is 0. The van der Waals surface area contributed by atoms with Crippen LogP contribution in [0.4, 0.5) is 8.78 Å². The number of hydrogen-bond acceptors (Lipinski definition) is 3. The number of carbonyl (C=O) groups is 1. The van der Waals surface area contributed by atoms with Gasteiger partial charge in [0.1, 0.15) is 17.4 Å². The highest BCUT2D eigenvalue weighted by molar-refractivity contribution is 5.94. The lowest BCUT2D eigenvalue weighted by molar-refractivity contribution is 0.0946. The van der Waals surface area contributed by atoms with Crippen LogP contribution < -0.4 is 10.1 Å². The van der Waals surface area contributed by atoms with Gasteiger partial charge in [0, 0.05) is 18.3 Å². The van der Waals surface area contributed by atoms with E-state index < -0.39 is 17.5 Å².